The van der Waals surface area contributed by atoms with Crippen molar-refractivity contribution in [3.05, 3.63) is 0 Å². The first-order chi connectivity index (χ1) is 5.99. The van der Waals surface area contributed by atoms with Gasteiger partial charge in [0.05, 0.1) is 0 Å². The van der Waals surface area contributed by atoms with Gasteiger partial charge in [-0.3, -0.25) is 0 Å². The largest absolute Gasteiger partial charge is 0.324 e. The van der Waals surface area contributed by atoms with Gasteiger partial charge < -0.3 is 10.6 Å². The average Bonchev–Trinajstić information content (AvgIpc) is 2.16. The molecule has 0 aromatic rings. The van der Waals surface area contributed by atoms with Gasteiger partial charge in [-0.05, 0) is 33.2 Å². The van der Waals surface area contributed by atoms with Crippen molar-refractivity contribution in [3.8, 4) is 0 Å². The van der Waals surface area contributed by atoms with Crippen LogP contribution in [0.5, 0.6) is 0 Å². The molecule has 0 radical (unpaired) electrons. The Bertz CT molecular complexity index is 130. The van der Waals surface area contributed by atoms with Gasteiger partial charge in [-0.1, -0.05) is 20.8 Å². The van der Waals surface area contributed by atoms with Gasteiger partial charge in [0.25, 0.3) is 0 Å². The molecule has 0 aromatic heterocycles. The van der Waals surface area contributed by atoms with Crippen LogP contribution in [0.4, 0.5) is 0 Å². The van der Waals surface area contributed by atoms with Crippen LogP contribution in [0.2, 0.25) is 0 Å². The lowest BCUT2D eigenvalue weighted by molar-refractivity contribution is 0.185. The van der Waals surface area contributed by atoms with Gasteiger partial charge in [0, 0.05) is 18.1 Å². The van der Waals surface area contributed by atoms with Gasteiger partial charge in [-0.25, -0.2) is 0 Å². The molecule has 2 N–H and O–H groups in total. The first kappa shape index (κ1) is 12.9. The maximum absolute atomic E-state index is 6.25. The van der Waals surface area contributed by atoms with Crippen molar-refractivity contribution in [2.24, 2.45) is 5.73 Å². The van der Waals surface area contributed by atoms with Gasteiger partial charge in [-0.15, -0.1) is 0 Å². The van der Waals surface area contributed by atoms with E-state index in [4.69, 9.17) is 5.73 Å². The minimum atomic E-state index is 0.0121. The molecule has 0 heterocycles. The Morgan fingerprint density at radius 3 is 2.00 bits per heavy atom. The molecule has 2 nitrogen and oxygen atoms in total. The highest BCUT2D eigenvalue weighted by Gasteiger charge is 2.23. The van der Waals surface area contributed by atoms with E-state index in [1.165, 1.54) is 6.42 Å². The molecule has 0 aliphatic carbocycles. The molecule has 80 valence electrons. The van der Waals surface area contributed by atoms with Gasteiger partial charge in [0.1, 0.15) is 0 Å². The summed E-state index contributed by atoms with van der Waals surface area (Å²) >= 11 is 0. The first-order valence-electron chi connectivity index (χ1n) is 5.48. The van der Waals surface area contributed by atoms with Crippen molar-refractivity contribution in [3.63, 3.8) is 0 Å². The van der Waals surface area contributed by atoms with E-state index in [-0.39, 0.29) is 5.54 Å². The van der Waals surface area contributed by atoms with Crippen LogP contribution in [0.1, 0.15) is 47.0 Å². The molecular weight excluding hydrogens is 160 g/mol. The van der Waals surface area contributed by atoms with Gasteiger partial charge in [0.2, 0.25) is 0 Å². The summed E-state index contributed by atoms with van der Waals surface area (Å²) in [6.45, 7) is 9.83. The Kier molecular flexibility index (Phi) is 5.57. The predicted octanol–water partition coefficient (Wildman–Crippen LogP) is 2.23. The van der Waals surface area contributed by atoms with Crippen LogP contribution in [0, 0.1) is 0 Å². The number of nitrogens with two attached hydrogens (primary N) is 1. The fourth-order valence-electron chi connectivity index (χ4n) is 1.44. The molecular formula is C11H26N2. The highest BCUT2D eigenvalue weighted by Crippen LogP contribution is 2.14. The van der Waals surface area contributed by atoms with E-state index in [1.807, 2.05) is 0 Å². The van der Waals surface area contributed by atoms with E-state index in [2.05, 4.69) is 39.6 Å². The molecule has 0 amide bonds. The molecule has 0 bridgehead atoms. The lowest BCUT2D eigenvalue weighted by Crippen LogP contribution is -2.50. The minimum Gasteiger partial charge on any atom is -0.324 e. The second-order valence-corrected chi connectivity index (χ2v) is 4.24. The predicted molar refractivity (Wildman–Crippen MR) is 59.9 cm³/mol. The monoisotopic (exact) mass is 186 g/mol. The zero-order valence-corrected chi connectivity index (χ0v) is 9.93. The van der Waals surface area contributed by atoms with E-state index < -0.39 is 0 Å². The molecule has 0 saturated carbocycles. The maximum Gasteiger partial charge on any atom is 0.0278 e. The topological polar surface area (TPSA) is 29.3 Å². The molecule has 1 atom stereocenters. The van der Waals surface area contributed by atoms with Crippen LogP contribution in [0.15, 0.2) is 0 Å². The summed E-state index contributed by atoms with van der Waals surface area (Å²) in [5.74, 6) is 0. The lowest BCUT2D eigenvalue weighted by atomic mass is 9.93. The Labute approximate surface area is 83.5 Å². The van der Waals surface area contributed by atoms with E-state index in [0.717, 1.165) is 19.4 Å². The van der Waals surface area contributed by atoms with Crippen molar-refractivity contribution in [1.82, 2.24) is 4.90 Å². The highest BCUT2D eigenvalue weighted by molar-refractivity contribution is 4.85. The summed E-state index contributed by atoms with van der Waals surface area (Å²) in [5.41, 5.74) is 6.26. The second-order valence-electron chi connectivity index (χ2n) is 4.24. The van der Waals surface area contributed by atoms with Crippen molar-refractivity contribution in [2.45, 2.75) is 58.5 Å². The maximum atomic E-state index is 6.25. The third-order valence-electron chi connectivity index (χ3n) is 3.32. The number of hydrogen-bond acceptors (Lipinski definition) is 2. The Hall–Kier alpha value is -0.0800. The smallest absolute Gasteiger partial charge is 0.0278 e. The molecule has 0 rings (SSSR count). The fourth-order valence-corrected chi connectivity index (χ4v) is 1.44. The van der Waals surface area contributed by atoms with Crippen LogP contribution < -0.4 is 5.73 Å². The number of hydrogen-bond donors (Lipinski definition) is 1. The standard InChI is InChI=1S/C11H26N2/c1-6-10(4)13(5)9-11(12,7-2)8-3/h10H,6-9,12H2,1-5H3. The zero-order chi connectivity index (χ0) is 10.5. The van der Waals surface area contributed by atoms with E-state index in [1.54, 1.807) is 0 Å². The third kappa shape index (κ3) is 4.10. The molecule has 0 aliphatic heterocycles. The first-order valence-corrected chi connectivity index (χ1v) is 5.48. The summed E-state index contributed by atoms with van der Waals surface area (Å²) < 4.78 is 0. The van der Waals surface area contributed by atoms with Crippen LogP contribution in [0.3, 0.4) is 0 Å². The Morgan fingerprint density at radius 2 is 1.69 bits per heavy atom. The molecule has 0 saturated heterocycles. The van der Waals surface area contributed by atoms with Crippen molar-refractivity contribution < 1.29 is 0 Å². The molecule has 0 aromatic carbocycles. The zero-order valence-electron chi connectivity index (χ0n) is 9.93. The molecule has 13 heavy (non-hydrogen) atoms. The van der Waals surface area contributed by atoms with Gasteiger partial charge in [-0.2, -0.15) is 0 Å². The Morgan fingerprint density at radius 1 is 1.23 bits per heavy atom. The average molecular weight is 186 g/mol. The number of likely N-dealkylation sites (N-methyl/N-ethyl adjacent to an activating group) is 1. The molecule has 0 fully saturated rings. The molecule has 0 spiro atoms. The summed E-state index contributed by atoms with van der Waals surface area (Å²) in [4.78, 5) is 2.37. The fraction of sp³-hybridized carbons (Fsp3) is 1.00. The minimum absolute atomic E-state index is 0.0121. The van der Waals surface area contributed by atoms with Crippen LogP contribution in [-0.4, -0.2) is 30.1 Å². The summed E-state index contributed by atoms with van der Waals surface area (Å²) in [7, 11) is 2.17. The third-order valence-corrected chi connectivity index (χ3v) is 3.32. The number of nitrogens with zero attached hydrogens (tertiary/aromatic N) is 1. The lowest BCUT2D eigenvalue weighted by Gasteiger charge is -2.34. The van der Waals surface area contributed by atoms with Crippen LogP contribution >= 0.6 is 0 Å². The summed E-state index contributed by atoms with van der Waals surface area (Å²) in [6.07, 6.45) is 3.31. The van der Waals surface area contributed by atoms with Crippen LogP contribution in [0.25, 0.3) is 0 Å². The molecule has 0 aliphatic rings. The van der Waals surface area contributed by atoms with Crippen molar-refractivity contribution in [2.75, 3.05) is 13.6 Å². The van der Waals surface area contributed by atoms with Crippen molar-refractivity contribution in [1.29, 1.82) is 0 Å². The Balaban J connectivity index is 4.08. The summed E-state index contributed by atoms with van der Waals surface area (Å²) in [5, 5.41) is 0. The van der Waals surface area contributed by atoms with E-state index >= 15 is 0 Å². The number of rotatable bonds is 6. The van der Waals surface area contributed by atoms with Gasteiger partial charge >= 0.3 is 0 Å². The highest BCUT2D eigenvalue weighted by atomic mass is 15.1. The van der Waals surface area contributed by atoms with E-state index in [0.29, 0.717) is 6.04 Å². The second kappa shape index (κ2) is 5.61. The van der Waals surface area contributed by atoms with Crippen LogP contribution in [-0.2, 0) is 0 Å². The summed E-state index contributed by atoms with van der Waals surface area (Å²) in [6, 6.07) is 0.640. The quantitative estimate of drug-likeness (QED) is 0.689. The van der Waals surface area contributed by atoms with E-state index in [9.17, 15) is 0 Å². The van der Waals surface area contributed by atoms with Crippen molar-refractivity contribution >= 4 is 0 Å². The molecule has 2 heteroatoms. The SMILES string of the molecule is CCC(C)N(C)CC(N)(CC)CC. The van der Waals surface area contributed by atoms with Gasteiger partial charge in [0.15, 0.2) is 0 Å². The normalized spacial score (nSPS) is 15.0. The molecule has 1 unspecified atom stereocenters.